The van der Waals surface area contributed by atoms with E-state index in [2.05, 4.69) is 26.1 Å². The smallest absolute Gasteiger partial charge is 0.223 e. The molecule has 0 aliphatic carbocycles. The Kier molecular flexibility index (Phi) is 2.73. The second-order valence-electron chi connectivity index (χ2n) is 2.98. The van der Waals surface area contributed by atoms with Crippen LogP contribution in [-0.2, 0) is 0 Å². The molecule has 2 aromatic rings. The first-order valence-electron chi connectivity index (χ1n) is 4.35. The van der Waals surface area contributed by atoms with Gasteiger partial charge in [-0.2, -0.15) is 4.98 Å². The van der Waals surface area contributed by atoms with E-state index in [-0.39, 0.29) is 0 Å². The van der Waals surface area contributed by atoms with Gasteiger partial charge in [0.05, 0.1) is 12.7 Å². The summed E-state index contributed by atoms with van der Waals surface area (Å²) in [6.45, 7) is 1.75. The van der Waals surface area contributed by atoms with Gasteiger partial charge in [-0.1, -0.05) is 21.1 Å². The van der Waals surface area contributed by atoms with Crippen LogP contribution in [0.15, 0.2) is 27.2 Å². The number of aromatic nitrogens is 2. The molecule has 0 unspecified atom stereocenters. The van der Waals surface area contributed by atoms with Crippen molar-refractivity contribution < 1.29 is 9.26 Å². The lowest BCUT2D eigenvalue weighted by Crippen LogP contribution is -1.89. The van der Waals surface area contributed by atoms with E-state index in [0.29, 0.717) is 11.7 Å². The van der Waals surface area contributed by atoms with Crippen molar-refractivity contribution in [3.05, 3.63) is 28.6 Å². The molecular formula is C10H9BrN2O2. The van der Waals surface area contributed by atoms with Crippen molar-refractivity contribution in [2.75, 3.05) is 7.11 Å². The summed E-state index contributed by atoms with van der Waals surface area (Å²) in [5, 5.41) is 3.85. The number of hydrogen-bond donors (Lipinski definition) is 0. The lowest BCUT2D eigenvalue weighted by molar-refractivity contribution is 0.393. The number of rotatable bonds is 2. The van der Waals surface area contributed by atoms with Gasteiger partial charge in [-0.05, 0) is 18.2 Å². The monoisotopic (exact) mass is 268 g/mol. The second-order valence-corrected chi connectivity index (χ2v) is 3.90. The summed E-state index contributed by atoms with van der Waals surface area (Å²) in [6, 6.07) is 5.64. The Bertz CT molecular complexity index is 482. The minimum absolute atomic E-state index is 0.533. The number of benzene rings is 1. The van der Waals surface area contributed by atoms with Gasteiger partial charge in [-0.15, -0.1) is 0 Å². The van der Waals surface area contributed by atoms with Crippen LogP contribution < -0.4 is 4.74 Å². The van der Waals surface area contributed by atoms with Gasteiger partial charge >= 0.3 is 0 Å². The van der Waals surface area contributed by atoms with Gasteiger partial charge in [0.15, 0.2) is 0 Å². The maximum absolute atomic E-state index is 5.22. The van der Waals surface area contributed by atoms with Crippen LogP contribution in [0.25, 0.3) is 11.4 Å². The predicted molar refractivity (Wildman–Crippen MR) is 58.7 cm³/mol. The Morgan fingerprint density at radius 3 is 2.80 bits per heavy atom. The molecule has 1 heterocycles. The first kappa shape index (κ1) is 10.2. The van der Waals surface area contributed by atoms with E-state index in [9.17, 15) is 0 Å². The zero-order valence-corrected chi connectivity index (χ0v) is 9.91. The van der Waals surface area contributed by atoms with Crippen LogP contribution in [0.5, 0.6) is 5.75 Å². The normalized spacial score (nSPS) is 10.3. The molecule has 0 spiro atoms. The van der Waals surface area contributed by atoms with Crippen LogP contribution in [0.4, 0.5) is 0 Å². The summed E-state index contributed by atoms with van der Waals surface area (Å²) in [6.07, 6.45) is 0. The minimum atomic E-state index is 0.533. The summed E-state index contributed by atoms with van der Waals surface area (Å²) in [5.41, 5.74) is 0.809. The summed E-state index contributed by atoms with van der Waals surface area (Å²) < 4.78 is 11.1. The Balaban J connectivity index is 2.55. The molecule has 15 heavy (non-hydrogen) atoms. The van der Waals surface area contributed by atoms with E-state index in [4.69, 9.17) is 9.26 Å². The molecule has 0 atom stereocenters. The number of nitrogens with zero attached hydrogens (tertiary/aromatic N) is 2. The standard InChI is InChI=1S/C10H9BrN2O2/c1-6-12-10(13-15-6)8-5-7(11)3-4-9(8)14-2/h3-5H,1-2H3. The van der Waals surface area contributed by atoms with Crippen molar-refractivity contribution in [1.82, 2.24) is 10.1 Å². The fourth-order valence-corrected chi connectivity index (χ4v) is 1.62. The quantitative estimate of drug-likeness (QED) is 0.841. The minimum Gasteiger partial charge on any atom is -0.496 e. The van der Waals surface area contributed by atoms with Crippen LogP contribution >= 0.6 is 15.9 Å². The average Bonchev–Trinajstić information content (AvgIpc) is 2.65. The Morgan fingerprint density at radius 2 is 2.20 bits per heavy atom. The van der Waals surface area contributed by atoms with Crippen molar-refractivity contribution in [1.29, 1.82) is 0 Å². The third kappa shape index (κ3) is 2.02. The molecule has 0 amide bonds. The Morgan fingerprint density at radius 1 is 1.40 bits per heavy atom. The fraction of sp³-hybridized carbons (Fsp3) is 0.200. The largest absolute Gasteiger partial charge is 0.496 e. The molecule has 0 saturated carbocycles. The molecule has 0 bridgehead atoms. The van der Waals surface area contributed by atoms with Gasteiger partial charge in [0, 0.05) is 11.4 Å². The highest BCUT2D eigenvalue weighted by Crippen LogP contribution is 2.30. The van der Waals surface area contributed by atoms with E-state index >= 15 is 0 Å². The third-order valence-corrected chi connectivity index (χ3v) is 2.42. The highest BCUT2D eigenvalue weighted by Gasteiger charge is 2.11. The highest BCUT2D eigenvalue weighted by molar-refractivity contribution is 9.10. The van der Waals surface area contributed by atoms with Crippen molar-refractivity contribution in [2.45, 2.75) is 6.92 Å². The molecule has 2 rings (SSSR count). The maximum atomic E-state index is 5.22. The van der Waals surface area contributed by atoms with Crippen LogP contribution in [0.3, 0.4) is 0 Å². The number of halogens is 1. The van der Waals surface area contributed by atoms with Gasteiger partial charge in [0.2, 0.25) is 11.7 Å². The third-order valence-electron chi connectivity index (χ3n) is 1.93. The number of hydrogen-bond acceptors (Lipinski definition) is 4. The molecule has 4 nitrogen and oxygen atoms in total. The van der Waals surface area contributed by atoms with Gasteiger partial charge in [0.25, 0.3) is 0 Å². The van der Waals surface area contributed by atoms with Gasteiger partial charge in [-0.25, -0.2) is 0 Å². The lowest BCUT2D eigenvalue weighted by Gasteiger charge is -2.04. The summed E-state index contributed by atoms with van der Waals surface area (Å²) in [5.74, 6) is 1.79. The molecule has 0 radical (unpaired) electrons. The molecule has 0 saturated heterocycles. The highest BCUT2D eigenvalue weighted by atomic mass is 79.9. The maximum Gasteiger partial charge on any atom is 0.223 e. The zero-order chi connectivity index (χ0) is 10.8. The molecular weight excluding hydrogens is 260 g/mol. The average molecular weight is 269 g/mol. The van der Waals surface area contributed by atoms with E-state index in [1.165, 1.54) is 0 Å². The van der Waals surface area contributed by atoms with Gasteiger partial charge in [0.1, 0.15) is 5.75 Å². The van der Waals surface area contributed by atoms with E-state index in [1.807, 2.05) is 18.2 Å². The van der Waals surface area contributed by atoms with Crippen molar-refractivity contribution in [2.24, 2.45) is 0 Å². The van der Waals surface area contributed by atoms with Crippen molar-refractivity contribution in [3.8, 4) is 17.1 Å². The molecule has 0 N–H and O–H groups in total. The van der Waals surface area contributed by atoms with Gasteiger partial charge in [-0.3, -0.25) is 0 Å². The van der Waals surface area contributed by atoms with Crippen LogP contribution in [0.2, 0.25) is 0 Å². The Labute approximate surface area is 95.4 Å². The summed E-state index contributed by atoms with van der Waals surface area (Å²) >= 11 is 3.39. The zero-order valence-electron chi connectivity index (χ0n) is 8.32. The first-order chi connectivity index (χ1) is 7.20. The van der Waals surface area contributed by atoms with E-state index < -0.39 is 0 Å². The molecule has 78 valence electrons. The Hall–Kier alpha value is -1.36. The molecule has 1 aromatic carbocycles. The van der Waals surface area contributed by atoms with Crippen LogP contribution in [0, 0.1) is 6.92 Å². The van der Waals surface area contributed by atoms with Gasteiger partial charge < -0.3 is 9.26 Å². The number of methoxy groups -OCH3 is 1. The van der Waals surface area contributed by atoms with E-state index in [0.717, 1.165) is 15.8 Å². The lowest BCUT2D eigenvalue weighted by atomic mass is 10.2. The van der Waals surface area contributed by atoms with Crippen molar-refractivity contribution in [3.63, 3.8) is 0 Å². The van der Waals surface area contributed by atoms with E-state index in [1.54, 1.807) is 14.0 Å². The molecule has 0 aliphatic rings. The second kappa shape index (κ2) is 4.02. The molecule has 0 fully saturated rings. The SMILES string of the molecule is COc1ccc(Br)cc1-c1noc(C)n1. The first-order valence-corrected chi connectivity index (χ1v) is 5.14. The molecule has 5 heteroatoms. The van der Waals surface area contributed by atoms with Crippen LogP contribution in [-0.4, -0.2) is 17.3 Å². The van der Waals surface area contributed by atoms with Crippen molar-refractivity contribution >= 4 is 15.9 Å². The fourth-order valence-electron chi connectivity index (χ4n) is 1.26. The summed E-state index contributed by atoms with van der Waals surface area (Å²) in [7, 11) is 1.61. The number of aryl methyl sites for hydroxylation is 1. The molecule has 1 aromatic heterocycles. The van der Waals surface area contributed by atoms with Crippen LogP contribution in [0.1, 0.15) is 5.89 Å². The summed E-state index contributed by atoms with van der Waals surface area (Å²) in [4.78, 5) is 4.15. The predicted octanol–water partition coefficient (Wildman–Crippen LogP) is 2.82. The number of ether oxygens (including phenoxy) is 1. The topological polar surface area (TPSA) is 48.2 Å². The molecule has 0 aliphatic heterocycles.